The van der Waals surface area contributed by atoms with Crippen molar-refractivity contribution >= 4 is 18.5 Å². The van der Waals surface area contributed by atoms with E-state index in [0.717, 1.165) is 25.9 Å². The Hall–Kier alpha value is -0.220. The first-order valence-corrected chi connectivity index (χ1v) is 5.16. The standard InChI is InChI=1S/C9H17NO2S/c1-7(13)9(11)10-5-3-8(12-2)4-6-10/h7-8,13H,3-6H2,1-2H3. The minimum Gasteiger partial charge on any atom is -0.381 e. The molecule has 1 atom stereocenters. The molecule has 4 heteroatoms. The van der Waals surface area contributed by atoms with E-state index >= 15 is 0 Å². The van der Waals surface area contributed by atoms with Crippen molar-refractivity contribution in [1.29, 1.82) is 0 Å². The van der Waals surface area contributed by atoms with Crippen molar-refractivity contribution in [2.24, 2.45) is 0 Å². The lowest BCUT2D eigenvalue weighted by Gasteiger charge is -2.32. The van der Waals surface area contributed by atoms with E-state index in [-0.39, 0.29) is 11.2 Å². The Balaban J connectivity index is 2.36. The molecular weight excluding hydrogens is 186 g/mol. The third kappa shape index (κ3) is 2.88. The smallest absolute Gasteiger partial charge is 0.235 e. The maximum atomic E-state index is 11.5. The van der Waals surface area contributed by atoms with Crippen molar-refractivity contribution in [3.05, 3.63) is 0 Å². The molecule has 1 saturated heterocycles. The first-order valence-electron chi connectivity index (χ1n) is 4.64. The Labute approximate surface area is 84.8 Å². The molecule has 1 unspecified atom stereocenters. The van der Waals surface area contributed by atoms with Gasteiger partial charge in [-0.1, -0.05) is 0 Å². The summed E-state index contributed by atoms with van der Waals surface area (Å²) >= 11 is 4.13. The number of rotatable bonds is 2. The Morgan fingerprint density at radius 3 is 2.46 bits per heavy atom. The first kappa shape index (κ1) is 10.9. The largest absolute Gasteiger partial charge is 0.381 e. The van der Waals surface area contributed by atoms with Gasteiger partial charge in [-0.05, 0) is 19.8 Å². The Morgan fingerprint density at radius 2 is 2.08 bits per heavy atom. The van der Waals surface area contributed by atoms with Crippen LogP contribution >= 0.6 is 12.6 Å². The average Bonchev–Trinajstić information content (AvgIpc) is 2.17. The molecule has 1 amide bonds. The van der Waals surface area contributed by atoms with E-state index in [4.69, 9.17) is 4.74 Å². The molecule has 1 aliphatic rings. The van der Waals surface area contributed by atoms with Crippen LogP contribution in [0.1, 0.15) is 19.8 Å². The molecule has 1 aliphatic heterocycles. The summed E-state index contributed by atoms with van der Waals surface area (Å²) in [5.41, 5.74) is 0. The zero-order valence-corrected chi connectivity index (χ0v) is 9.09. The van der Waals surface area contributed by atoms with Gasteiger partial charge in [-0.2, -0.15) is 12.6 Å². The maximum absolute atomic E-state index is 11.5. The quantitative estimate of drug-likeness (QED) is 0.677. The van der Waals surface area contributed by atoms with Crippen LogP contribution in [0.15, 0.2) is 0 Å². The fourth-order valence-electron chi connectivity index (χ4n) is 1.58. The number of likely N-dealkylation sites (tertiary alicyclic amines) is 1. The van der Waals surface area contributed by atoms with Gasteiger partial charge >= 0.3 is 0 Å². The number of hydrogen-bond donors (Lipinski definition) is 1. The highest BCUT2D eigenvalue weighted by Gasteiger charge is 2.23. The molecule has 1 rings (SSSR count). The summed E-state index contributed by atoms with van der Waals surface area (Å²) in [7, 11) is 1.73. The minimum absolute atomic E-state index is 0.137. The van der Waals surface area contributed by atoms with Crippen molar-refractivity contribution in [1.82, 2.24) is 4.90 Å². The van der Waals surface area contributed by atoms with Crippen LogP contribution in [0.5, 0.6) is 0 Å². The molecule has 0 aromatic rings. The van der Waals surface area contributed by atoms with E-state index in [0.29, 0.717) is 6.10 Å². The average molecular weight is 203 g/mol. The fraction of sp³-hybridized carbons (Fsp3) is 0.889. The number of thiol groups is 1. The zero-order valence-electron chi connectivity index (χ0n) is 8.19. The lowest BCUT2D eigenvalue weighted by Crippen LogP contribution is -2.43. The van der Waals surface area contributed by atoms with Gasteiger partial charge in [0, 0.05) is 20.2 Å². The van der Waals surface area contributed by atoms with Gasteiger partial charge in [0.15, 0.2) is 0 Å². The Bertz CT molecular complexity index is 176. The number of carbonyl (C=O) groups is 1. The molecule has 13 heavy (non-hydrogen) atoms. The maximum Gasteiger partial charge on any atom is 0.235 e. The van der Waals surface area contributed by atoms with Crippen LogP contribution in [-0.4, -0.2) is 42.4 Å². The molecule has 1 fully saturated rings. The second kappa shape index (κ2) is 4.86. The van der Waals surface area contributed by atoms with Crippen LogP contribution in [0, 0.1) is 0 Å². The van der Waals surface area contributed by atoms with Crippen LogP contribution < -0.4 is 0 Å². The summed E-state index contributed by atoms with van der Waals surface area (Å²) in [6.45, 7) is 3.43. The second-order valence-corrected chi connectivity index (χ2v) is 4.21. The van der Waals surface area contributed by atoms with Crippen LogP contribution in [0.2, 0.25) is 0 Å². The van der Waals surface area contributed by atoms with E-state index in [1.807, 2.05) is 11.8 Å². The van der Waals surface area contributed by atoms with Gasteiger partial charge in [-0.25, -0.2) is 0 Å². The second-order valence-electron chi connectivity index (χ2n) is 3.44. The molecule has 0 N–H and O–H groups in total. The van der Waals surface area contributed by atoms with Crippen LogP contribution in [0.25, 0.3) is 0 Å². The van der Waals surface area contributed by atoms with Crippen LogP contribution in [-0.2, 0) is 9.53 Å². The van der Waals surface area contributed by atoms with Gasteiger partial charge in [0.05, 0.1) is 11.4 Å². The highest BCUT2D eigenvalue weighted by Crippen LogP contribution is 2.14. The third-order valence-corrected chi connectivity index (χ3v) is 2.67. The molecule has 3 nitrogen and oxygen atoms in total. The summed E-state index contributed by atoms with van der Waals surface area (Å²) < 4.78 is 5.22. The summed E-state index contributed by atoms with van der Waals surface area (Å²) in [6, 6.07) is 0. The minimum atomic E-state index is -0.181. The van der Waals surface area contributed by atoms with E-state index in [9.17, 15) is 4.79 Å². The van der Waals surface area contributed by atoms with Gasteiger partial charge < -0.3 is 9.64 Å². The summed E-state index contributed by atoms with van der Waals surface area (Å²) in [5, 5.41) is -0.181. The van der Waals surface area contributed by atoms with Crippen molar-refractivity contribution in [3.63, 3.8) is 0 Å². The topological polar surface area (TPSA) is 29.5 Å². The van der Waals surface area contributed by atoms with Crippen molar-refractivity contribution < 1.29 is 9.53 Å². The molecule has 0 saturated carbocycles. The number of ether oxygens (including phenoxy) is 1. The predicted octanol–water partition coefficient (Wildman–Crippen LogP) is 0.942. The first-order chi connectivity index (χ1) is 6.15. The van der Waals surface area contributed by atoms with Crippen molar-refractivity contribution in [3.8, 4) is 0 Å². The number of piperidine rings is 1. The van der Waals surface area contributed by atoms with E-state index in [2.05, 4.69) is 12.6 Å². The highest BCUT2D eigenvalue weighted by atomic mass is 32.1. The molecule has 0 aromatic carbocycles. The molecular formula is C9H17NO2S. The van der Waals surface area contributed by atoms with Crippen LogP contribution in [0.3, 0.4) is 0 Å². The van der Waals surface area contributed by atoms with E-state index < -0.39 is 0 Å². The van der Waals surface area contributed by atoms with E-state index in [1.54, 1.807) is 7.11 Å². The lowest BCUT2D eigenvalue weighted by molar-refractivity contribution is -0.132. The molecule has 0 aromatic heterocycles. The predicted molar refractivity (Wildman–Crippen MR) is 55.1 cm³/mol. The molecule has 0 aliphatic carbocycles. The number of amides is 1. The molecule has 0 spiro atoms. The van der Waals surface area contributed by atoms with E-state index in [1.165, 1.54) is 0 Å². The normalized spacial score (nSPS) is 21.6. The van der Waals surface area contributed by atoms with Crippen molar-refractivity contribution in [2.45, 2.75) is 31.1 Å². The fourth-order valence-corrected chi connectivity index (χ4v) is 1.74. The SMILES string of the molecule is COC1CCN(C(=O)C(C)S)CC1. The van der Waals surface area contributed by atoms with Gasteiger partial charge in [0.25, 0.3) is 0 Å². The summed E-state index contributed by atoms with van der Waals surface area (Å²) in [4.78, 5) is 13.4. The van der Waals surface area contributed by atoms with Gasteiger partial charge in [0.1, 0.15) is 0 Å². The monoisotopic (exact) mass is 203 g/mol. The van der Waals surface area contributed by atoms with Crippen LogP contribution in [0.4, 0.5) is 0 Å². The molecule has 76 valence electrons. The number of nitrogens with zero attached hydrogens (tertiary/aromatic N) is 1. The molecule has 1 heterocycles. The number of hydrogen-bond acceptors (Lipinski definition) is 3. The lowest BCUT2D eigenvalue weighted by atomic mass is 10.1. The van der Waals surface area contributed by atoms with Gasteiger partial charge in [0.2, 0.25) is 5.91 Å². The molecule has 0 radical (unpaired) electrons. The Morgan fingerprint density at radius 1 is 1.54 bits per heavy atom. The Kier molecular flexibility index (Phi) is 4.06. The highest BCUT2D eigenvalue weighted by molar-refractivity contribution is 7.81. The van der Waals surface area contributed by atoms with Crippen molar-refractivity contribution in [2.75, 3.05) is 20.2 Å². The number of methoxy groups -OCH3 is 1. The summed E-state index contributed by atoms with van der Waals surface area (Å²) in [6.07, 6.45) is 2.23. The molecule has 0 bridgehead atoms. The summed E-state index contributed by atoms with van der Waals surface area (Å²) in [5.74, 6) is 0.137. The van der Waals surface area contributed by atoms with Gasteiger partial charge in [-0.3, -0.25) is 4.79 Å². The third-order valence-electron chi connectivity index (χ3n) is 2.44. The zero-order chi connectivity index (χ0) is 9.84. The number of carbonyl (C=O) groups excluding carboxylic acids is 1. The van der Waals surface area contributed by atoms with Gasteiger partial charge in [-0.15, -0.1) is 0 Å².